The molecule has 0 unspecified atom stereocenters. The van der Waals surface area contributed by atoms with Gasteiger partial charge >= 0.3 is 5.97 Å². The van der Waals surface area contributed by atoms with Gasteiger partial charge in [0.1, 0.15) is 11.9 Å². The van der Waals surface area contributed by atoms with Gasteiger partial charge in [0.15, 0.2) is 0 Å². The van der Waals surface area contributed by atoms with Crippen molar-refractivity contribution in [3.05, 3.63) is 90.4 Å². The maximum Gasteiger partial charge on any atom is 0.322 e. The number of fused-ring (bicyclic) bond motifs is 1. The Morgan fingerprint density at radius 3 is 2.35 bits per heavy atom. The Balaban J connectivity index is 1.57. The molecule has 0 spiro atoms. The molecule has 0 fully saturated rings. The van der Waals surface area contributed by atoms with Crippen molar-refractivity contribution in [3.63, 3.8) is 0 Å². The van der Waals surface area contributed by atoms with Crippen molar-refractivity contribution in [2.24, 2.45) is 0 Å². The molecule has 0 aliphatic rings. The van der Waals surface area contributed by atoms with Crippen molar-refractivity contribution in [2.45, 2.75) is 17.4 Å². The van der Waals surface area contributed by atoms with E-state index in [1.54, 1.807) is 24.4 Å². The van der Waals surface area contributed by atoms with Gasteiger partial charge in [0, 0.05) is 23.5 Å². The summed E-state index contributed by atoms with van der Waals surface area (Å²) in [6.07, 6.45) is 1.42. The number of aromatic nitrogens is 1. The van der Waals surface area contributed by atoms with E-state index in [9.17, 15) is 22.7 Å². The highest BCUT2D eigenvalue weighted by Crippen LogP contribution is 2.23. The summed E-state index contributed by atoms with van der Waals surface area (Å²) in [6.45, 7) is 0. The van der Waals surface area contributed by atoms with Crippen LogP contribution in [0.4, 0.5) is 4.39 Å². The fourth-order valence-electron chi connectivity index (χ4n) is 3.43. The number of rotatable bonds is 7. The molecule has 6 nitrogen and oxygen atoms in total. The minimum atomic E-state index is -4.08. The maximum atomic E-state index is 13.6. The van der Waals surface area contributed by atoms with Gasteiger partial charge in [-0.25, -0.2) is 12.8 Å². The van der Waals surface area contributed by atoms with Crippen LogP contribution < -0.4 is 4.72 Å². The van der Waals surface area contributed by atoms with E-state index >= 15 is 0 Å². The standard InChI is InChI=1S/C23H19FN2O4S/c24-18-8-11-21-20(13-18)17(14-25-21)12-22(23(27)28)26-31(29,30)19-9-6-16(7-10-19)15-4-2-1-3-5-15/h1-11,13-14,22,25-26H,12H2,(H,27,28)/t22-/m0/s1. The Morgan fingerprint density at radius 2 is 1.68 bits per heavy atom. The van der Waals surface area contributed by atoms with Gasteiger partial charge in [-0.2, -0.15) is 4.72 Å². The lowest BCUT2D eigenvalue weighted by molar-refractivity contribution is -0.138. The van der Waals surface area contributed by atoms with Crippen LogP contribution in [-0.4, -0.2) is 30.5 Å². The average Bonchev–Trinajstić information content (AvgIpc) is 3.15. The summed E-state index contributed by atoms with van der Waals surface area (Å²) >= 11 is 0. The molecule has 0 aliphatic heterocycles. The Kier molecular flexibility index (Phi) is 5.58. The number of nitrogens with one attached hydrogen (secondary N) is 2. The average molecular weight is 438 g/mol. The van der Waals surface area contributed by atoms with Crippen LogP contribution in [0.3, 0.4) is 0 Å². The van der Waals surface area contributed by atoms with E-state index in [4.69, 9.17) is 0 Å². The first-order valence-corrected chi connectivity index (χ1v) is 11.0. The number of carbonyl (C=O) groups is 1. The van der Waals surface area contributed by atoms with Crippen LogP contribution in [0.5, 0.6) is 0 Å². The van der Waals surface area contributed by atoms with Gasteiger partial charge in [0.05, 0.1) is 4.90 Å². The molecule has 4 rings (SSSR count). The van der Waals surface area contributed by atoms with Gasteiger partial charge < -0.3 is 10.1 Å². The summed E-state index contributed by atoms with van der Waals surface area (Å²) in [5, 5.41) is 10.1. The Bertz CT molecular complexity index is 1330. The van der Waals surface area contributed by atoms with Crippen LogP contribution in [0.25, 0.3) is 22.0 Å². The van der Waals surface area contributed by atoms with Crippen LogP contribution in [-0.2, 0) is 21.2 Å². The second-order valence-corrected chi connectivity index (χ2v) is 8.82. The summed E-state index contributed by atoms with van der Waals surface area (Å²) in [4.78, 5) is 14.7. The monoisotopic (exact) mass is 438 g/mol. The van der Waals surface area contributed by atoms with Crippen molar-refractivity contribution in [1.29, 1.82) is 0 Å². The summed E-state index contributed by atoms with van der Waals surface area (Å²) in [6, 6.07) is 18.4. The highest BCUT2D eigenvalue weighted by Gasteiger charge is 2.26. The van der Waals surface area contributed by atoms with Crippen LogP contribution >= 0.6 is 0 Å². The van der Waals surface area contributed by atoms with E-state index in [1.807, 2.05) is 30.3 Å². The third-order valence-electron chi connectivity index (χ3n) is 5.02. The minimum Gasteiger partial charge on any atom is -0.480 e. The smallest absolute Gasteiger partial charge is 0.322 e. The third-order valence-corrected chi connectivity index (χ3v) is 6.51. The summed E-state index contributed by atoms with van der Waals surface area (Å²) in [5.41, 5.74) is 2.92. The van der Waals surface area contributed by atoms with Crippen LogP contribution in [0.2, 0.25) is 0 Å². The predicted molar refractivity (Wildman–Crippen MR) is 116 cm³/mol. The SMILES string of the molecule is O=C(O)[C@H](Cc1c[nH]c2ccc(F)cc12)NS(=O)(=O)c1ccc(-c2ccccc2)cc1. The fourth-order valence-corrected chi connectivity index (χ4v) is 4.62. The highest BCUT2D eigenvalue weighted by molar-refractivity contribution is 7.89. The van der Waals surface area contributed by atoms with Gasteiger partial charge in [-0.3, -0.25) is 4.79 Å². The first-order valence-electron chi connectivity index (χ1n) is 9.49. The number of hydrogen-bond acceptors (Lipinski definition) is 3. The van der Waals surface area contributed by atoms with Crippen LogP contribution in [0.1, 0.15) is 5.56 Å². The number of hydrogen-bond donors (Lipinski definition) is 3. The van der Waals surface area contributed by atoms with Crippen LogP contribution in [0.15, 0.2) is 83.9 Å². The molecule has 0 saturated carbocycles. The zero-order chi connectivity index (χ0) is 22.0. The van der Waals surface area contributed by atoms with E-state index in [-0.39, 0.29) is 11.3 Å². The highest BCUT2D eigenvalue weighted by atomic mass is 32.2. The zero-order valence-corrected chi connectivity index (χ0v) is 17.1. The second kappa shape index (κ2) is 8.33. The summed E-state index contributed by atoms with van der Waals surface area (Å²) < 4.78 is 41.4. The summed E-state index contributed by atoms with van der Waals surface area (Å²) in [5.74, 6) is -1.78. The number of carboxylic acid groups (broad SMARTS) is 1. The molecular formula is C23H19FN2O4S. The first kappa shape index (κ1) is 20.8. The minimum absolute atomic E-state index is 0.0385. The van der Waals surface area contributed by atoms with Crippen molar-refractivity contribution < 1.29 is 22.7 Å². The van der Waals surface area contributed by atoms with Gasteiger partial charge in [-0.05, 0) is 47.0 Å². The van der Waals surface area contributed by atoms with E-state index in [0.29, 0.717) is 16.5 Å². The Labute approximate surface area is 178 Å². The molecular weight excluding hydrogens is 419 g/mol. The number of sulfonamides is 1. The van der Waals surface area contributed by atoms with Gasteiger partial charge in [0.25, 0.3) is 0 Å². The lowest BCUT2D eigenvalue weighted by Crippen LogP contribution is -2.42. The lowest BCUT2D eigenvalue weighted by atomic mass is 10.1. The molecule has 4 aromatic rings. The zero-order valence-electron chi connectivity index (χ0n) is 16.2. The molecule has 158 valence electrons. The van der Waals surface area contributed by atoms with Gasteiger partial charge in [-0.15, -0.1) is 0 Å². The number of halogens is 1. The van der Waals surface area contributed by atoms with Crippen molar-refractivity contribution >= 4 is 26.9 Å². The first-order chi connectivity index (χ1) is 14.8. The number of aliphatic carboxylic acids is 1. The van der Waals surface area contributed by atoms with Crippen molar-refractivity contribution in [1.82, 2.24) is 9.71 Å². The van der Waals surface area contributed by atoms with Gasteiger partial charge in [0.2, 0.25) is 10.0 Å². The molecule has 0 aliphatic carbocycles. The fraction of sp³-hybridized carbons (Fsp3) is 0.0870. The normalized spacial score (nSPS) is 12.7. The molecule has 0 bridgehead atoms. The third kappa shape index (κ3) is 4.50. The number of benzene rings is 3. The maximum absolute atomic E-state index is 13.6. The molecule has 1 aromatic heterocycles. The number of H-pyrrole nitrogens is 1. The van der Waals surface area contributed by atoms with E-state index in [2.05, 4.69) is 9.71 Å². The molecule has 0 radical (unpaired) electrons. The van der Waals surface area contributed by atoms with Gasteiger partial charge in [-0.1, -0.05) is 42.5 Å². The van der Waals surface area contributed by atoms with E-state index in [0.717, 1.165) is 11.1 Å². The molecule has 1 heterocycles. The topological polar surface area (TPSA) is 99.3 Å². The number of carboxylic acids is 1. The Hall–Kier alpha value is -3.49. The molecule has 8 heteroatoms. The van der Waals surface area contributed by atoms with E-state index < -0.39 is 27.9 Å². The Morgan fingerprint density at radius 1 is 1.00 bits per heavy atom. The second-order valence-electron chi connectivity index (χ2n) is 7.11. The number of aromatic amines is 1. The van der Waals surface area contributed by atoms with Crippen molar-refractivity contribution in [2.75, 3.05) is 0 Å². The summed E-state index contributed by atoms with van der Waals surface area (Å²) in [7, 11) is -4.08. The molecule has 0 saturated heterocycles. The molecule has 3 aromatic carbocycles. The molecule has 1 atom stereocenters. The van der Waals surface area contributed by atoms with Crippen molar-refractivity contribution in [3.8, 4) is 11.1 Å². The molecule has 31 heavy (non-hydrogen) atoms. The van der Waals surface area contributed by atoms with Crippen LogP contribution in [0, 0.1) is 5.82 Å². The van der Waals surface area contributed by atoms with E-state index in [1.165, 1.54) is 24.3 Å². The predicted octanol–water partition coefficient (Wildman–Crippen LogP) is 3.95. The molecule has 3 N–H and O–H groups in total. The quantitative estimate of drug-likeness (QED) is 0.407. The lowest BCUT2D eigenvalue weighted by Gasteiger charge is -2.15. The molecule has 0 amide bonds. The largest absolute Gasteiger partial charge is 0.480 e.